The Morgan fingerprint density at radius 1 is 0.828 bits per heavy atom. The van der Waals surface area contributed by atoms with Crippen LogP contribution >= 0.6 is 12.4 Å². The molecule has 0 bridgehead atoms. The highest BCUT2D eigenvalue weighted by atomic mass is 35.5. The standard InChI is InChI=1S/C21H34N4O3.ClH/c26-19(18-6-1-9-22-18)23-12-15-4-2-10-24(13-15)21(28)17-5-3-11-25(14-17)20(27)16-7-8-16;/h15-18,22H,1-14H2,(H,23,26);1H. The first kappa shape index (κ1) is 22.3. The summed E-state index contributed by atoms with van der Waals surface area (Å²) in [6.07, 6.45) is 7.87. The van der Waals surface area contributed by atoms with Gasteiger partial charge in [0.2, 0.25) is 17.7 Å². The van der Waals surface area contributed by atoms with Crippen molar-refractivity contribution in [2.45, 2.75) is 57.4 Å². The third-order valence-corrected chi connectivity index (χ3v) is 6.78. The van der Waals surface area contributed by atoms with E-state index >= 15 is 0 Å². The van der Waals surface area contributed by atoms with Gasteiger partial charge in [-0.15, -0.1) is 12.4 Å². The number of piperidine rings is 2. The SMILES string of the molecule is Cl.O=C(NCC1CCCN(C(=O)C2CCCN(C(=O)C3CC3)C2)C1)C1CCCN1. The number of nitrogens with zero attached hydrogens (tertiary/aromatic N) is 2. The average molecular weight is 427 g/mol. The highest BCUT2D eigenvalue weighted by Crippen LogP contribution is 2.33. The van der Waals surface area contributed by atoms with Gasteiger partial charge in [0, 0.05) is 38.6 Å². The van der Waals surface area contributed by atoms with Crippen molar-refractivity contribution in [1.29, 1.82) is 0 Å². The highest BCUT2D eigenvalue weighted by molar-refractivity contribution is 5.85. The van der Waals surface area contributed by atoms with Crippen molar-refractivity contribution in [3.05, 3.63) is 0 Å². The normalized spacial score (nSPS) is 29.9. The fraction of sp³-hybridized carbons (Fsp3) is 0.857. The zero-order chi connectivity index (χ0) is 19.5. The molecule has 0 spiro atoms. The lowest BCUT2D eigenvalue weighted by Crippen LogP contribution is -2.51. The predicted molar refractivity (Wildman–Crippen MR) is 113 cm³/mol. The largest absolute Gasteiger partial charge is 0.354 e. The fourth-order valence-corrected chi connectivity index (χ4v) is 4.93. The summed E-state index contributed by atoms with van der Waals surface area (Å²) in [7, 11) is 0. The van der Waals surface area contributed by atoms with Gasteiger partial charge in [-0.05, 0) is 63.8 Å². The second-order valence-electron chi connectivity index (χ2n) is 9.08. The monoisotopic (exact) mass is 426 g/mol. The lowest BCUT2D eigenvalue weighted by Gasteiger charge is -2.38. The minimum absolute atomic E-state index is 0. The minimum atomic E-state index is -0.0486. The van der Waals surface area contributed by atoms with Crippen LogP contribution in [-0.2, 0) is 14.4 Å². The van der Waals surface area contributed by atoms with Crippen LogP contribution in [0, 0.1) is 17.8 Å². The van der Waals surface area contributed by atoms with Crippen LogP contribution in [0.4, 0.5) is 0 Å². The number of carbonyl (C=O) groups is 3. The van der Waals surface area contributed by atoms with E-state index in [2.05, 4.69) is 10.6 Å². The Kier molecular flexibility index (Phi) is 7.79. The number of hydrogen-bond acceptors (Lipinski definition) is 4. The highest BCUT2D eigenvalue weighted by Gasteiger charge is 2.38. The van der Waals surface area contributed by atoms with E-state index in [0.717, 1.165) is 77.5 Å². The fourth-order valence-electron chi connectivity index (χ4n) is 4.93. The lowest BCUT2D eigenvalue weighted by molar-refractivity contribution is -0.142. The molecule has 4 fully saturated rings. The van der Waals surface area contributed by atoms with Crippen molar-refractivity contribution in [2.75, 3.05) is 39.3 Å². The quantitative estimate of drug-likeness (QED) is 0.691. The van der Waals surface area contributed by atoms with Crippen molar-refractivity contribution in [2.24, 2.45) is 17.8 Å². The van der Waals surface area contributed by atoms with E-state index < -0.39 is 0 Å². The van der Waals surface area contributed by atoms with Gasteiger partial charge in [-0.2, -0.15) is 0 Å². The molecule has 2 N–H and O–H groups in total. The number of likely N-dealkylation sites (tertiary alicyclic amines) is 2. The van der Waals surface area contributed by atoms with E-state index in [4.69, 9.17) is 0 Å². The number of hydrogen-bond donors (Lipinski definition) is 2. The second-order valence-corrected chi connectivity index (χ2v) is 9.08. The van der Waals surface area contributed by atoms with Gasteiger partial charge < -0.3 is 20.4 Å². The maximum absolute atomic E-state index is 13.1. The van der Waals surface area contributed by atoms with Crippen molar-refractivity contribution in [1.82, 2.24) is 20.4 Å². The van der Waals surface area contributed by atoms with Gasteiger partial charge in [-0.1, -0.05) is 0 Å². The Hall–Kier alpha value is -1.34. The minimum Gasteiger partial charge on any atom is -0.354 e. The van der Waals surface area contributed by atoms with Crippen LogP contribution in [0.5, 0.6) is 0 Å². The molecule has 7 nitrogen and oxygen atoms in total. The molecule has 3 unspecified atom stereocenters. The first-order chi connectivity index (χ1) is 13.6. The molecule has 3 aliphatic heterocycles. The molecule has 0 aromatic heterocycles. The number of carbonyl (C=O) groups excluding carboxylic acids is 3. The van der Waals surface area contributed by atoms with Crippen LogP contribution in [0.2, 0.25) is 0 Å². The first-order valence-corrected chi connectivity index (χ1v) is 11.2. The summed E-state index contributed by atoms with van der Waals surface area (Å²) in [6, 6.07) is -0.0430. The molecule has 8 heteroatoms. The maximum atomic E-state index is 13.1. The number of halogens is 1. The Labute approximate surface area is 179 Å². The summed E-state index contributed by atoms with van der Waals surface area (Å²) >= 11 is 0. The summed E-state index contributed by atoms with van der Waals surface area (Å²) in [6.45, 7) is 4.51. The second kappa shape index (κ2) is 10.1. The molecular formula is C21H35ClN4O3. The third kappa shape index (κ3) is 5.63. The third-order valence-electron chi connectivity index (χ3n) is 6.78. The molecule has 164 valence electrons. The number of nitrogens with one attached hydrogen (secondary N) is 2. The van der Waals surface area contributed by atoms with Gasteiger partial charge >= 0.3 is 0 Å². The zero-order valence-corrected chi connectivity index (χ0v) is 18.1. The molecule has 4 aliphatic rings. The van der Waals surface area contributed by atoms with Gasteiger partial charge in [0.1, 0.15) is 0 Å². The molecule has 1 saturated carbocycles. The Bertz CT molecular complexity index is 607. The van der Waals surface area contributed by atoms with E-state index in [1.165, 1.54) is 0 Å². The van der Waals surface area contributed by atoms with Gasteiger partial charge in [-0.25, -0.2) is 0 Å². The average Bonchev–Trinajstić information content (AvgIpc) is 3.44. The number of amides is 3. The maximum Gasteiger partial charge on any atom is 0.237 e. The molecule has 0 aromatic rings. The Morgan fingerprint density at radius 3 is 2.21 bits per heavy atom. The zero-order valence-electron chi connectivity index (χ0n) is 17.2. The summed E-state index contributed by atoms with van der Waals surface area (Å²) in [5.74, 6) is 1.08. The summed E-state index contributed by atoms with van der Waals surface area (Å²) in [5.41, 5.74) is 0. The smallest absolute Gasteiger partial charge is 0.237 e. The van der Waals surface area contributed by atoms with E-state index in [-0.39, 0.29) is 48.0 Å². The molecular weight excluding hydrogens is 392 g/mol. The van der Waals surface area contributed by atoms with Crippen LogP contribution in [0.25, 0.3) is 0 Å². The van der Waals surface area contributed by atoms with Crippen molar-refractivity contribution in [3.63, 3.8) is 0 Å². The van der Waals surface area contributed by atoms with E-state index in [1.54, 1.807) is 0 Å². The summed E-state index contributed by atoms with van der Waals surface area (Å²) < 4.78 is 0. The van der Waals surface area contributed by atoms with E-state index in [0.29, 0.717) is 19.0 Å². The van der Waals surface area contributed by atoms with Crippen LogP contribution in [0.1, 0.15) is 51.4 Å². The van der Waals surface area contributed by atoms with Crippen LogP contribution < -0.4 is 10.6 Å². The molecule has 29 heavy (non-hydrogen) atoms. The summed E-state index contributed by atoms with van der Waals surface area (Å²) in [4.78, 5) is 41.6. The molecule has 1 aliphatic carbocycles. The van der Waals surface area contributed by atoms with E-state index in [9.17, 15) is 14.4 Å². The molecule has 3 heterocycles. The summed E-state index contributed by atoms with van der Waals surface area (Å²) in [5, 5.41) is 6.31. The molecule has 4 rings (SSSR count). The van der Waals surface area contributed by atoms with Gasteiger partial charge in [0.05, 0.1) is 12.0 Å². The first-order valence-electron chi connectivity index (χ1n) is 11.2. The van der Waals surface area contributed by atoms with Crippen LogP contribution in [0.3, 0.4) is 0 Å². The van der Waals surface area contributed by atoms with Crippen molar-refractivity contribution >= 4 is 30.1 Å². The molecule has 3 atom stereocenters. The lowest BCUT2D eigenvalue weighted by atomic mass is 9.92. The number of rotatable bonds is 5. The molecule has 0 radical (unpaired) electrons. The topological polar surface area (TPSA) is 81.8 Å². The van der Waals surface area contributed by atoms with Crippen molar-refractivity contribution in [3.8, 4) is 0 Å². The van der Waals surface area contributed by atoms with E-state index in [1.807, 2.05) is 9.80 Å². The Balaban J connectivity index is 0.00000240. The van der Waals surface area contributed by atoms with Gasteiger partial charge in [0.25, 0.3) is 0 Å². The van der Waals surface area contributed by atoms with Crippen molar-refractivity contribution < 1.29 is 14.4 Å². The van der Waals surface area contributed by atoms with Gasteiger partial charge in [0.15, 0.2) is 0 Å². The Morgan fingerprint density at radius 2 is 1.52 bits per heavy atom. The molecule has 3 saturated heterocycles. The predicted octanol–water partition coefficient (Wildman–Crippen LogP) is 1.16. The van der Waals surface area contributed by atoms with Gasteiger partial charge in [-0.3, -0.25) is 14.4 Å². The van der Waals surface area contributed by atoms with Crippen LogP contribution in [0.15, 0.2) is 0 Å². The molecule has 3 amide bonds. The van der Waals surface area contributed by atoms with Crippen LogP contribution in [-0.4, -0.2) is 72.8 Å². The molecule has 0 aromatic carbocycles.